The number of hydrogen-bond donors (Lipinski definition) is 1. The fourth-order valence-electron chi connectivity index (χ4n) is 3.16. The number of aromatic nitrogens is 2. The van der Waals surface area contributed by atoms with Crippen LogP contribution < -0.4 is 10.5 Å². The third-order valence-corrected chi connectivity index (χ3v) is 5.02. The quantitative estimate of drug-likeness (QED) is 0.767. The van der Waals surface area contributed by atoms with E-state index in [2.05, 4.69) is 19.7 Å². The summed E-state index contributed by atoms with van der Waals surface area (Å²) in [6.45, 7) is 2.43. The number of Topliss-reactive ketones (excluding diaryl/α,β-unsaturated/α-hetero) is 1. The maximum absolute atomic E-state index is 14.9. The molecule has 29 heavy (non-hydrogen) atoms. The smallest absolute Gasteiger partial charge is 0.232 e. The van der Waals surface area contributed by atoms with Gasteiger partial charge in [-0.25, -0.2) is 23.1 Å². The van der Waals surface area contributed by atoms with E-state index in [0.717, 1.165) is 25.4 Å². The SMILES string of the molecule is [2H]C([2H])([2H])Oc1cnc(C(=O)Cc2ccc(F)c([C@@]3(C)N=C(N)[C@@](C)(F)C[C@@H]3F)c2)cn1. The molecule has 0 fully saturated rings. The molecule has 0 radical (unpaired) electrons. The highest BCUT2D eigenvalue weighted by Gasteiger charge is 2.49. The number of carbonyl (C=O) groups excluding carboxylic acids is 1. The number of nitrogens with zero attached hydrogens (tertiary/aromatic N) is 3. The van der Waals surface area contributed by atoms with Gasteiger partial charge in [0.25, 0.3) is 0 Å². The van der Waals surface area contributed by atoms with Gasteiger partial charge in [-0.3, -0.25) is 9.79 Å². The maximum atomic E-state index is 14.9. The highest BCUT2D eigenvalue weighted by atomic mass is 19.2. The lowest BCUT2D eigenvalue weighted by Crippen LogP contribution is -2.51. The van der Waals surface area contributed by atoms with Crippen molar-refractivity contribution in [1.29, 1.82) is 0 Å². The minimum Gasteiger partial charge on any atom is -0.480 e. The van der Waals surface area contributed by atoms with Gasteiger partial charge in [0.2, 0.25) is 5.88 Å². The summed E-state index contributed by atoms with van der Waals surface area (Å²) in [4.78, 5) is 24.1. The summed E-state index contributed by atoms with van der Waals surface area (Å²) in [6, 6.07) is 3.71. The van der Waals surface area contributed by atoms with E-state index in [-0.39, 0.29) is 23.6 Å². The third-order valence-electron chi connectivity index (χ3n) is 5.02. The molecule has 0 saturated carbocycles. The van der Waals surface area contributed by atoms with Crippen molar-refractivity contribution < 1.29 is 26.8 Å². The normalized spacial score (nSPS) is 28.7. The van der Waals surface area contributed by atoms with Crippen LogP contribution in [0, 0.1) is 5.82 Å². The zero-order chi connectivity index (χ0) is 23.9. The molecular formula is C20H21F3N4O2. The van der Waals surface area contributed by atoms with Gasteiger partial charge < -0.3 is 10.5 Å². The lowest BCUT2D eigenvalue weighted by Gasteiger charge is -2.39. The molecule has 0 amide bonds. The topological polar surface area (TPSA) is 90.5 Å². The van der Waals surface area contributed by atoms with Crippen molar-refractivity contribution in [2.45, 2.75) is 44.1 Å². The van der Waals surface area contributed by atoms with E-state index in [0.29, 0.717) is 5.56 Å². The molecule has 0 saturated heterocycles. The van der Waals surface area contributed by atoms with Crippen LogP contribution in [-0.2, 0) is 12.0 Å². The number of ether oxygens (including phenoxy) is 1. The van der Waals surface area contributed by atoms with Crippen molar-refractivity contribution in [3.8, 4) is 5.88 Å². The molecule has 6 nitrogen and oxygen atoms in total. The molecule has 2 N–H and O–H groups in total. The summed E-state index contributed by atoms with van der Waals surface area (Å²) in [5, 5.41) is 0. The highest BCUT2D eigenvalue weighted by Crippen LogP contribution is 2.42. The lowest BCUT2D eigenvalue weighted by molar-refractivity contribution is 0.0987. The van der Waals surface area contributed by atoms with E-state index >= 15 is 0 Å². The van der Waals surface area contributed by atoms with E-state index in [4.69, 9.17) is 9.85 Å². The minimum atomic E-state index is -2.71. The molecule has 0 aliphatic carbocycles. The van der Waals surface area contributed by atoms with Crippen LogP contribution in [0.15, 0.2) is 35.6 Å². The fourth-order valence-corrected chi connectivity index (χ4v) is 3.16. The summed E-state index contributed by atoms with van der Waals surface area (Å²) in [7, 11) is -2.71. The number of rotatable bonds is 5. The average Bonchev–Trinajstić information content (AvgIpc) is 2.67. The molecule has 2 aromatic rings. The van der Waals surface area contributed by atoms with Gasteiger partial charge in [-0.05, 0) is 31.5 Å². The Hall–Kier alpha value is -2.97. The van der Waals surface area contributed by atoms with E-state index < -0.39 is 48.3 Å². The molecular weight excluding hydrogens is 385 g/mol. The number of methoxy groups -OCH3 is 1. The second kappa shape index (κ2) is 7.46. The van der Waals surface area contributed by atoms with Gasteiger partial charge in [-0.1, -0.05) is 6.07 Å². The van der Waals surface area contributed by atoms with Gasteiger partial charge in [0.15, 0.2) is 11.5 Å². The van der Waals surface area contributed by atoms with Gasteiger partial charge in [0, 0.05) is 18.4 Å². The van der Waals surface area contributed by atoms with E-state index in [9.17, 15) is 18.0 Å². The number of ketones is 1. The van der Waals surface area contributed by atoms with Crippen LogP contribution in [-0.4, -0.2) is 40.5 Å². The summed E-state index contributed by atoms with van der Waals surface area (Å²) in [5.74, 6) is -1.97. The number of benzene rings is 1. The zero-order valence-corrected chi connectivity index (χ0v) is 15.7. The van der Waals surface area contributed by atoms with Crippen LogP contribution in [0.25, 0.3) is 0 Å². The Bertz CT molecular complexity index is 1060. The van der Waals surface area contributed by atoms with Gasteiger partial charge in [0.1, 0.15) is 29.1 Å². The van der Waals surface area contributed by atoms with Crippen molar-refractivity contribution in [2.75, 3.05) is 7.04 Å². The Balaban J connectivity index is 1.85. The molecule has 0 bridgehead atoms. The summed E-state index contributed by atoms with van der Waals surface area (Å²) in [6.07, 6.45) is -0.600. The molecule has 154 valence electrons. The molecule has 3 atom stereocenters. The van der Waals surface area contributed by atoms with Crippen LogP contribution in [0.4, 0.5) is 13.2 Å². The van der Waals surface area contributed by atoms with Crippen molar-refractivity contribution in [3.63, 3.8) is 0 Å². The lowest BCUT2D eigenvalue weighted by atomic mass is 9.78. The van der Waals surface area contributed by atoms with Gasteiger partial charge in [0.05, 0.1) is 23.5 Å². The zero-order valence-electron chi connectivity index (χ0n) is 18.7. The number of aliphatic imine (C=N–C) groups is 1. The molecule has 1 aliphatic heterocycles. The number of alkyl halides is 2. The Morgan fingerprint density at radius 1 is 1.38 bits per heavy atom. The molecule has 1 aromatic heterocycles. The largest absolute Gasteiger partial charge is 0.480 e. The number of nitrogens with two attached hydrogens (primary N) is 1. The first-order valence-electron chi connectivity index (χ1n) is 10.2. The number of hydrogen-bond acceptors (Lipinski definition) is 6. The van der Waals surface area contributed by atoms with E-state index in [1.807, 2.05) is 0 Å². The number of carbonyl (C=O) groups is 1. The van der Waals surface area contributed by atoms with E-state index in [1.54, 1.807) is 0 Å². The van der Waals surface area contributed by atoms with Gasteiger partial charge in [-0.2, -0.15) is 0 Å². The first-order chi connectivity index (χ1) is 14.7. The molecule has 1 aliphatic rings. The highest BCUT2D eigenvalue weighted by molar-refractivity contribution is 5.95. The van der Waals surface area contributed by atoms with Crippen LogP contribution in [0.5, 0.6) is 5.88 Å². The summed E-state index contributed by atoms with van der Waals surface area (Å²) >= 11 is 0. The molecule has 2 heterocycles. The van der Waals surface area contributed by atoms with Crippen LogP contribution in [0.3, 0.4) is 0 Å². The molecule has 0 spiro atoms. The Morgan fingerprint density at radius 3 is 2.79 bits per heavy atom. The van der Waals surface area contributed by atoms with Crippen LogP contribution in [0.2, 0.25) is 0 Å². The first-order valence-corrected chi connectivity index (χ1v) is 8.73. The first kappa shape index (κ1) is 16.9. The molecule has 0 unspecified atom stereocenters. The Kier molecular flexibility index (Phi) is 4.35. The fraction of sp³-hybridized carbons (Fsp3) is 0.400. The van der Waals surface area contributed by atoms with Crippen LogP contribution in [0.1, 0.15) is 46.0 Å². The van der Waals surface area contributed by atoms with Gasteiger partial charge in [-0.15, -0.1) is 0 Å². The molecule has 3 rings (SSSR count). The van der Waals surface area contributed by atoms with Crippen molar-refractivity contribution in [1.82, 2.24) is 9.97 Å². The summed E-state index contributed by atoms with van der Waals surface area (Å²) in [5.41, 5.74) is 1.87. The van der Waals surface area contributed by atoms with Gasteiger partial charge >= 0.3 is 0 Å². The minimum absolute atomic E-state index is 0.0727. The predicted octanol–water partition coefficient (Wildman–Crippen LogP) is 3.09. The van der Waals surface area contributed by atoms with Crippen molar-refractivity contribution in [2.24, 2.45) is 10.7 Å². The Labute approximate surface area is 170 Å². The number of halogens is 3. The third kappa shape index (κ3) is 3.94. The summed E-state index contributed by atoms with van der Waals surface area (Å²) < 4.78 is 69.5. The second-order valence-corrected chi connectivity index (χ2v) is 7.27. The molecule has 9 heteroatoms. The monoisotopic (exact) mass is 409 g/mol. The maximum Gasteiger partial charge on any atom is 0.232 e. The Morgan fingerprint density at radius 2 is 2.14 bits per heavy atom. The molecule has 1 aromatic carbocycles. The second-order valence-electron chi connectivity index (χ2n) is 7.27. The van der Waals surface area contributed by atoms with E-state index in [1.165, 1.54) is 19.1 Å². The van der Waals surface area contributed by atoms with Crippen molar-refractivity contribution >= 4 is 11.6 Å². The average molecular weight is 409 g/mol. The predicted molar refractivity (Wildman–Crippen MR) is 101 cm³/mol. The van der Waals surface area contributed by atoms with Crippen molar-refractivity contribution in [3.05, 3.63) is 53.2 Å². The van der Waals surface area contributed by atoms with Crippen LogP contribution >= 0.6 is 0 Å². The number of amidine groups is 1. The standard InChI is InChI=1S/C20H21F3N4O2/c1-19(23)8-16(22)20(2,27-18(19)24)12-6-11(4-5-13(12)21)7-15(28)14-9-26-17(29-3)10-25-14/h4-6,9-10,16H,7-8H2,1-3H3,(H2,24,27)/t16-,19-,20+/m0/s1/i3D3.